The van der Waals surface area contributed by atoms with E-state index < -0.39 is 16.6 Å². The zero-order valence-corrected chi connectivity index (χ0v) is 33.8. The molecule has 0 bridgehead atoms. The number of ether oxygens (including phenoxy) is 1. The third-order valence-corrected chi connectivity index (χ3v) is 20.1. The molecule has 0 spiro atoms. The summed E-state index contributed by atoms with van der Waals surface area (Å²) in [5.74, 6) is 0.591. The largest absolute Gasteiger partial charge is 0.413 e. The molecule has 3 aromatic rings. The highest BCUT2D eigenvalue weighted by Crippen LogP contribution is 2.40. The minimum atomic E-state index is -2.63. The van der Waals surface area contributed by atoms with E-state index in [2.05, 4.69) is 153 Å². The minimum absolute atomic E-state index is 0.0493. The average molecular weight is 689 g/mol. The van der Waals surface area contributed by atoms with Gasteiger partial charge < -0.3 is 13.6 Å². The summed E-state index contributed by atoms with van der Waals surface area (Å²) in [6.45, 7) is 25.8. The molecule has 3 aromatic carbocycles. The van der Waals surface area contributed by atoms with Crippen molar-refractivity contribution in [2.24, 2.45) is 11.8 Å². The Hall–Kier alpha value is -2.36. The topological polar surface area (TPSA) is 44.8 Å². The third-order valence-electron chi connectivity index (χ3n) is 10.6. The first-order chi connectivity index (χ1) is 22.5. The highest BCUT2D eigenvalue weighted by atomic mass is 28.4. The van der Waals surface area contributed by atoms with Crippen LogP contribution >= 0.6 is 0 Å². The first-order valence-electron chi connectivity index (χ1n) is 18.1. The lowest BCUT2D eigenvalue weighted by molar-refractivity contribution is -0.120. The van der Waals surface area contributed by atoms with Crippen molar-refractivity contribution < 1.29 is 18.4 Å². The van der Waals surface area contributed by atoms with Crippen molar-refractivity contribution >= 4 is 32.8 Å². The number of benzene rings is 3. The van der Waals surface area contributed by atoms with Crippen LogP contribution in [0, 0.1) is 11.8 Å². The van der Waals surface area contributed by atoms with E-state index in [0.717, 1.165) is 24.8 Å². The van der Waals surface area contributed by atoms with Gasteiger partial charge in [0, 0.05) is 18.9 Å². The number of carbonyl (C=O) groups is 1. The van der Waals surface area contributed by atoms with Crippen molar-refractivity contribution in [3.05, 3.63) is 96.6 Å². The molecule has 4 atom stereocenters. The van der Waals surface area contributed by atoms with E-state index in [1.165, 1.54) is 10.4 Å². The van der Waals surface area contributed by atoms with Crippen LogP contribution in [0.1, 0.15) is 93.6 Å². The van der Waals surface area contributed by atoms with E-state index in [-0.39, 0.29) is 34.0 Å². The molecular formula is C42H64O4Si2. The summed E-state index contributed by atoms with van der Waals surface area (Å²) in [6.07, 6.45) is 3.05. The monoisotopic (exact) mass is 688 g/mol. The third kappa shape index (κ3) is 10.6. The fourth-order valence-electron chi connectivity index (χ4n) is 6.50. The van der Waals surface area contributed by atoms with E-state index in [0.29, 0.717) is 25.6 Å². The minimum Gasteiger partial charge on any atom is -0.413 e. The molecule has 0 saturated carbocycles. The van der Waals surface area contributed by atoms with Crippen LogP contribution in [0.4, 0.5) is 0 Å². The molecule has 264 valence electrons. The second kappa shape index (κ2) is 17.5. The van der Waals surface area contributed by atoms with Gasteiger partial charge in [-0.25, -0.2) is 0 Å². The fourth-order valence-corrected chi connectivity index (χ4v) is 12.5. The van der Waals surface area contributed by atoms with Crippen molar-refractivity contribution in [3.63, 3.8) is 0 Å². The molecule has 0 amide bonds. The predicted molar refractivity (Wildman–Crippen MR) is 208 cm³/mol. The van der Waals surface area contributed by atoms with E-state index in [1.54, 1.807) is 6.92 Å². The summed E-state index contributed by atoms with van der Waals surface area (Å²) in [6, 6.07) is 32.2. The molecule has 0 aliphatic rings. The molecule has 0 aliphatic heterocycles. The van der Waals surface area contributed by atoms with Crippen LogP contribution in [0.25, 0.3) is 0 Å². The van der Waals surface area contributed by atoms with Crippen molar-refractivity contribution in [2.75, 3.05) is 6.61 Å². The van der Waals surface area contributed by atoms with Crippen LogP contribution in [0.2, 0.25) is 23.2 Å². The van der Waals surface area contributed by atoms with Gasteiger partial charge in [0.05, 0.1) is 18.8 Å². The lowest BCUT2D eigenvalue weighted by Crippen LogP contribution is -2.66. The summed E-state index contributed by atoms with van der Waals surface area (Å²) < 4.78 is 21.1. The average Bonchev–Trinajstić information content (AvgIpc) is 3.03. The zero-order valence-electron chi connectivity index (χ0n) is 31.8. The molecular weight excluding hydrogens is 625 g/mol. The van der Waals surface area contributed by atoms with Gasteiger partial charge >= 0.3 is 0 Å². The molecule has 0 fully saturated rings. The molecule has 0 unspecified atom stereocenters. The summed E-state index contributed by atoms with van der Waals surface area (Å²) in [5.41, 5.74) is 1.16. The van der Waals surface area contributed by atoms with Crippen LogP contribution in [0.5, 0.6) is 0 Å². The predicted octanol–water partition coefficient (Wildman–Crippen LogP) is 9.96. The number of Topliss-reactive ketones (excluding diaryl/α,β-unsaturated/α-hetero) is 1. The van der Waals surface area contributed by atoms with Gasteiger partial charge in [-0.05, 0) is 64.8 Å². The normalized spacial score (nSPS) is 15.5. The quantitative estimate of drug-likeness (QED) is 0.125. The van der Waals surface area contributed by atoms with E-state index in [1.807, 2.05) is 6.07 Å². The summed E-state index contributed by atoms with van der Waals surface area (Å²) in [5, 5.41) is 2.61. The SMILES string of the molecule is CC[C@H](CC[C@H](OCc1ccccc1)[C@@H](C)[C@H](CC(C)=O)O[Si](C)(C)C(C)(C)C)CO[Si](c1ccccc1)(c1ccccc1)C(C)(C)C. The number of hydrogen-bond donors (Lipinski definition) is 0. The lowest BCUT2D eigenvalue weighted by atomic mass is 9.89. The van der Waals surface area contributed by atoms with E-state index >= 15 is 0 Å². The number of ketones is 1. The first kappa shape index (κ1) is 40.1. The van der Waals surface area contributed by atoms with Gasteiger partial charge in [0.1, 0.15) is 5.78 Å². The molecule has 4 nitrogen and oxygen atoms in total. The second-order valence-corrected chi connectivity index (χ2v) is 25.4. The van der Waals surface area contributed by atoms with Gasteiger partial charge in [-0.3, -0.25) is 4.79 Å². The number of rotatable bonds is 18. The van der Waals surface area contributed by atoms with Gasteiger partial charge in [-0.15, -0.1) is 0 Å². The fraction of sp³-hybridized carbons (Fsp3) is 0.548. The standard InChI is InChI=1S/C42H64O4Si2/c1-12-35(32-45-48(42(7,8)9,37-24-18-14-19-25-37)38-26-20-15-21-27-38)28-29-39(44-31-36-22-16-13-17-23-36)34(3)40(30-33(2)43)46-47(10,11)41(4,5)6/h13-27,34-35,39-40H,12,28-32H2,1-11H3/t34-,35-,39+,40+/m1/s1. The second-order valence-electron chi connectivity index (χ2n) is 16.3. The Morgan fingerprint density at radius 2 is 1.23 bits per heavy atom. The maximum Gasteiger partial charge on any atom is 0.261 e. The Bertz CT molecular complexity index is 1320. The van der Waals surface area contributed by atoms with Crippen LogP contribution in [0.15, 0.2) is 91.0 Å². The smallest absolute Gasteiger partial charge is 0.261 e. The van der Waals surface area contributed by atoms with E-state index in [9.17, 15) is 4.79 Å². The molecule has 0 aliphatic carbocycles. The Morgan fingerprint density at radius 3 is 1.67 bits per heavy atom. The molecule has 0 N–H and O–H groups in total. The van der Waals surface area contributed by atoms with Gasteiger partial charge in [-0.1, -0.05) is 153 Å². The van der Waals surface area contributed by atoms with Crippen molar-refractivity contribution in [3.8, 4) is 0 Å². The molecule has 0 radical (unpaired) electrons. The summed E-state index contributed by atoms with van der Waals surface area (Å²) in [7, 11) is -4.75. The molecule has 6 heteroatoms. The van der Waals surface area contributed by atoms with Gasteiger partial charge in [0.15, 0.2) is 8.32 Å². The molecule has 0 aromatic heterocycles. The molecule has 48 heavy (non-hydrogen) atoms. The maximum absolute atomic E-state index is 12.6. The summed E-state index contributed by atoms with van der Waals surface area (Å²) >= 11 is 0. The molecule has 3 rings (SSSR count). The van der Waals surface area contributed by atoms with E-state index in [4.69, 9.17) is 13.6 Å². The first-order valence-corrected chi connectivity index (χ1v) is 22.9. The Balaban J connectivity index is 1.89. The van der Waals surface area contributed by atoms with Crippen molar-refractivity contribution in [2.45, 2.75) is 130 Å². The van der Waals surface area contributed by atoms with Gasteiger partial charge in [0.2, 0.25) is 0 Å². The maximum atomic E-state index is 12.6. The van der Waals surface area contributed by atoms with Crippen LogP contribution in [-0.4, -0.2) is 41.2 Å². The Morgan fingerprint density at radius 1 is 0.729 bits per heavy atom. The van der Waals surface area contributed by atoms with Gasteiger partial charge in [0.25, 0.3) is 8.32 Å². The molecule has 0 saturated heterocycles. The van der Waals surface area contributed by atoms with Crippen molar-refractivity contribution in [1.82, 2.24) is 0 Å². The van der Waals surface area contributed by atoms with Crippen molar-refractivity contribution in [1.29, 1.82) is 0 Å². The summed E-state index contributed by atoms with van der Waals surface area (Å²) in [4.78, 5) is 12.6. The molecule has 0 heterocycles. The lowest BCUT2D eigenvalue weighted by Gasteiger charge is -2.44. The zero-order chi connectivity index (χ0) is 35.6. The van der Waals surface area contributed by atoms with Crippen LogP contribution in [0.3, 0.4) is 0 Å². The highest BCUT2D eigenvalue weighted by molar-refractivity contribution is 6.99. The number of hydrogen-bond acceptors (Lipinski definition) is 4. The Labute approximate surface area is 295 Å². The van der Waals surface area contributed by atoms with Crippen LogP contribution in [-0.2, 0) is 25.0 Å². The van der Waals surface area contributed by atoms with Gasteiger partial charge in [-0.2, -0.15) is 0 Å². The highest BCUT2D eigenvalue weighted by Gasteiger charge is 2.50. The Kier molecular flexibility index (Phi) is 14.6. The number of carbonyl (C=O) groups excluding carboxylic acids is 1. The van der Waals surface area contributed by atoms with Crippen LogP contribution < -0.4 is 10.4 Å².